The Bertz CT molecular complexity index is 987. The Balaban J connectivity index is 1.94. The highest BCUT2D eigenvalue weighted by atomic mass is 16.5. The zero-order valence-corrected chi connectivity index (χ0v) is 14.7. The van der Waals surface area contributed by atoms with Gasteiger partial charge in [0.1, 0.15) is 17.0 Å². The highest BCUT2D eigenvalue weighted by Crippen LogP contribution is 2.15. The number of fused-ring (bicyclic) bond motifs is 2. The van der Waals surface area contributed by atoms with E-state index in [1.165, 1.54) is 4.40 Å². The second-order valence-corrected chi connectivity index (χ2v) is 5.98. The van der Waals surface area contributed by atoms with Gasteiger partial charge in [-0.3, -0.25) is 14.0 Å². The average Bonchev–Trinajstić information content (AvgIpc) is 2.93. The second kappa shape index (κ2) is 7.06. The number of pyridine rings is 1. The van der Waals surface area contributed by atoms with Gasteiger partial charge >= 0.3 is 0 Å². The van der Waals surface area contributed by atoms with Crippen LogP contribution in [0.5, 0.6) is 0 Å². The zero-order valence-electron chi connectivity index (χ0n) is 14.7. The maximum atomic E-state index is 12.7. The minimum Gasteiger partial charge on any atom is -0.382 e. The van der Waals surface area contributed by atoms with Gasteiger partial charge in [0.15, 0.2) is 0 Å². The maximum Gasteiger partial charge on any atom is 0.267 e. The van der Waals surface area contributed by atoms with Gasteiger partial charge in [0.2, 0.25) is 0 Å². The Hall–Kier alpha value is -2.67. The number of hydrogen-bond donors (Lipinski definition) is 1. The van der Waals surface area contributed by atoms with E-state index in [0.717, 1.165) is 12.0 Å². The molecule has 1 amide bonds. The molecule has 3 aromatic rings. The van der Waals surface area contributed by atoms with Crippen LogP contribution in [0.4, 0.5) is 0 Å². The van der Waals surface area contributed by atoms with Crippen molar-refractivity contribution in [2.24, 2.45) is 7.05 Å². The van der Waals surface area contributed by atoms with Gasteiger partial charge in [0, 0.05) is 33.0 Å². The van der Waals surface area contributed by atoms with Crippen molar-refractivity contribution in [3.05, 3.63) is 46.0 Å². The minimum atomic E-state index is -0.221. The first-order valence-corrected chi connectivity index (χ1v) is 8.37. The van der Waals surface area contributed by atoms with Gasteiger partial charge < -0.3 is 14.6 Å². The third-order valence-electron chi connectivity index (χ3n) is 4.13. The quantitative estimate of drug-likeness (QED) is 0.691. The number of amides is 1. The molecular weight excluding hydrogens is 320 g/mol. The topological polar surface area (TPSA) is 77.6 Å². The van der Waals surface area contributed by atoms with E-state index >= 15 is 0 Å². The molecule has 3 rings (SSSR count). The van der Waals surface area contributed by atoms with Crippen molar-refractivity contribution in [1.29, 1.82) is 0 Å². The van der Waals surface area contributed by atoms with E-state index in [2.05, 4.69) is 10.3 Å². The molecule has 25 heavy (non-hydrogen) atoms. The Morgan fingerprint density at radius 3 is 2.92 bits per heavy atom. The molecule has 0 aromatic carbocycles. The molecule has 132 valence electrons. The van der Waals surface area contributed by atoms with E-state index in [4.69, 9.17) is 4.74 Å². The van der Waals surface area contributed by atoms with Crippen LogP contribution < -0.4 is 10.9 Å². The monoisotopic (exact) mass is 342 g/mol. The SMILES string of the molecule is CCOCCCNC(=O)c1cc2c(=O)n3cc(C)ccc3nc2n1C. The summed E-state index contributed by atoms with van der Waals surface area (Å²) in [5, 5.41) is 3.29. The van der Waals surface area contributed by atoms with Gasteiger partial charge in [0.25, 0.3) is 11.5 Å². The third-order valence-corrected chi connectivity index (χ3v) is 4.13. The summed E-state index contributed by atoms with van der Waals surface area (Å²) in [7, 11) is 1.74. The standard InChI is InChI=1S/C18H22N4O3/c1-4-25-9-5-8-19-17(23)14-10-13-16(21(14)3)20-15-7-6-12(2)11-22(15)18(13)24/h6-7,10-11H,4-5,8-9H2,1-3H3,(H,19,23). The largest absolute Gasteiger partial charge is 0.382 e. The number of carbonyl (C=O) groups is 1. The molecule has 3 aromatic heterocycles. The molecule has 0 atom stereocenters. The molecule has 0 aliphatic heterocycles. The number of rotatable bonds is 6. The second-order valence-electron chi connectivity index (χ2n) is 5.98. The number of ether oxygens (including phenoxy) is 1. The van der Waals surface area contributed by atoms with Crippen LogP contribution >= 0.6 is 0 Å². The lowest BCUT2D eigenvalue weighted by atomic mass is 10.3. The van der Waals surface area contributed by atoms with Crippen LogP contribution in [-0.4, -0.2) is 39.6 Å². The lowest BCUT2D eigenvalue weighted by Crippen LogP contribution is -2.27. The van der Waals surface area contributed by atoms with E-state index in [0.29, 0.717) is 42.1 Å². The number of nitrogens with zero attached hydrogens (tertiary/aromatic N) is 3. The molecule has 0 aliphatic rings. The summed E-state index contributed by atoms with van der Waals surface area (Å²) in [6, 6.07) is 5.32. The molecule has 1 N–H and O–H groups in total. The molecule has 0 saturated carbocycles. The van der Waals surface area contributed by atoms with Crippen molar-refractivity contribution >= 4 is 22.6 Å². The first kappa shape index (κ1) is 17.2. The number of aryl methyl sites for hydroxylation is 2. The average molecular weight is 342 g/mol. The molecule has 0 bridgehead atoms. The normalized spacial score (nSPS) is 11.3. The summed E-state index contributed by atoms with van der Waals surface area (Å²) in [6.07, 6.45) is 2.50. The molecule has 0 radical (unpaired) electrons. The fourth-order valence-electron chi connectivity index (χ4n) is 2.81. The predicted molar refractivity (Wildman–Crippen MR) is 96.1 cm³/mol. The third kappa shape index (κ3) is 3.28. The van der Waals surface area contributed by atoms with Crippen molar-refractivity contribution in [2.45, 2.75) is 20.3 Å². The Labute approximate surface area is 145 Å². The summed E-state index contributed by atoms with van der Waals surface area (Å²) >= 11 is 0. The van der Waals surface area contributed by atoms with Crippen molar-refractivity contribution in [2.75, 3.05) is 19.8 Å². The molecule has 7 heteroatoms. The highest BCUT2D eigenvalue weighted by molar-refractivity contribution is 5.98. The molecular formula is C18H22N4O3. The van der Waals surface area contributed by atoms with E-state index < -0.39 is 0 Å². The lowest BCUT2D eigenvalue weighted by Gasteiger charge is -2.06. The summed E-state index contributed by atoms with van der Waals surface area (Å²) in [5.74, 6) is -0.221. The van der Waals surface area contributed by atoms with E-state index in [1.807, 2.05) is 19.9 Å². The van der Waals surface area contributed by atoms with Crippen LogP contribution in [0.1, 0.15) is 29.4 Å². The van der Waals surface area contributed by atoms with Gasteiger partial charge in [-0.05, 0) is 38.0 Å². The molecule has 7 nitrogen and oxygen atoms in total. The fourth-order valence-corrected chi connectivity index (χ4v) is 2.81. The van der Waals surface area contributed by atoms with Gasteiger partial charge in [-0.2, -0.15) is 0 Å². The minimum absolute atomic E-state index is 0.172. The molecule has 0 spiro atoms. The van der Waals surface area contributed by atoms with Gasteiger partial charge in [0.05, 0.1) is 5.39 Å². The van der Waals surface area contributed by atoms with Crippen LogP contribution in [0, 0.1) is 6.92 Å². The predicted octanol–water partition coefficient (Wildman–Crippen LogP) is 1.65. The zero-order chi connectivity index (χ0) is 18.0. The van der Waals surface area contributed by atoms with Crippen molar-refractivity contribution < 1.29 is 9.53 Å². The number of carbonyl (C=O) groups excluding carboxylic acids is 1. The van der Waals surface area contributed by atoms with Crippen LogP contribution in [0.15, 0.2) is 29.2 Å². The molecule has 0 aliphatic carbocycles. The summed E-state index contributed by atoms with van der Waals surface area (Å²) < 4.78 is 8.43. The molecule has 3 heterocycles. The van der Waals surface area contributed by atoms with Crippen molar-refractivity contribution in [3.8, 4) is 0 Å². The first-order chi connectivity index (χ1) is 12.0. The number of nitrogens with one attached hydrogen (secondary N) is 1. The fraction of sp³-hybridized carbons (Fsp3) is 0.389. The van der Waals surface area contributed by atoms with Crippen molar-refractivity contribution in [3.63, 3.8) is 0 Å². The molecule has 0 fully saturated rings. The van der Waals surface area contributed by atoms with Gasteiger partial charge in [-0.15, -0.1) is 0 Å². The Morgan fingerprint density at radius 2 is 2.16 bits per heavy atom. The lowest BCUT2D eigenvalue weighted by molar-refractivity contribution is 0.0936. The number of aromatic nitrogens is 3. The van der Waals surface area contributed by atoms with Crippen LogP contribution in [0.25, 0.3) is 16.7 Å². The van der Waals surface area contributed by atoms with Crippen LogP contribution in [0.2, 0.25) is 0 Å². The van der Waals surface area contributed by atoms with E-state index in [-0.39, 0.29) is 11.5 Å². The van der Waals surface area contributed by atoms with Crippen LogP contribution in [-0.2, 0) is 11.8 Å². The Kier molecular flexibility index (Phi) is 4.85. The smallest absolute Gasteiger partial charge is 0.267 e. The maximum absolute atomic E-state index is 12.7. The molecule has 0 saturated heterocycles. The highest BCUT2D eigenvalue weighted by Gasteiger charge is 2.17. The summed E-state index contributed by atoms with van der Waals surface area (Å²) in [6.45, 7) is 5.65. The van der Waals surface area contributed by atoms with E-state index in [1.54, 1.807) is 29.9 Å². The Morgan fingerprint density at radius 1 is 1.36 bits per heavy atom. The number of hydrogen-bond acceptors (Lipinski definition) is 4. The van der Waals surface area contributed by atoms with Gasteiger partial charge in [-0.1, -0.05) is 6.07 Å². The van der Waals surface area contributed by atoms with E-state index in [9.17, 15) is 9.59 Å². The summed E-state index contributed by atoms with van der Waals surface area (Å²) in [5.41, 5.74) is 2.29. The summed E-state index contributed by atoms with van der Waals surface area (Å²) in [4.78, 5) is 29.7. The first-order valence-electron chi connectivity index (χ1n) is 8.37. The molecule has 0 unspecified atom stereocenters. The van der Waals surface area contributed by atoms with Crippen LogP contribution in [0.3, 0.4) is 0 Å². The van der Waals surface area contributed by atoms with Gasteiger partial charge in [-0.25, -0.2) is 4.98 Å². The van der Waals surface area contributed by atoms with Crippen molar-refractivity contribution in [1.82, 2.24) is 19.3 Å².